The normalized spacial score (nSPS) is 17.6. The molecule has 0 saturated heterocycles. The summed E-state index contributed by atoms with van der Waals surface area (Å²) in [6, 6.07) is 4.75. The number of carbonyl (C=O) groups is 1. The highest BCUT2D eigenvalue weighted by Crippen LogP contribution is 2.36. The molecule has 134 valence electrons. The monoisotopic (exact) mass is 374 g/mol. The molecule has 0 bridgehead atoms. The molecular formula is C16H23ClN2O4S. The van der Waals surface area contributed by atoms with E-state index in [2.05, 4.69) is 12.2 Å². The van der Waals surface area contributed by atoms with Crippen LogP contribution >= 0.6 is 11.6 Å². The Labute approximate surface area is 148 Å². The number of halogens is 1. The number of hydrogen-bond acceptors (Lipinski definition) is 4. The molecule has 1 heterocycles. The fourth-order valence-corrected chi connectivity index (χ4v) is 3.69. The maximum atomic E-state index is 12.3. The van der Waals surface area contributed by atoms with Crippen molar-refractivity contribution in [3.8, 4) is 5.75 Å². The molecule has 1 aliphatic rings. The summed E-state index contributed by atoms with van der Waals surface area (Å²) in [4.78, 5) is 12.3. The number of sulfonamides is 1. The Balaban J connectivity index is 2.18. The van der Waals surface area contributed by atoms with E-state index < -0.39 is 16.1 Å². The summed E-state index contributed by atoms with van der Waals surface area (Å²) in [6.45, 7) is 2.85. The molecular weight excluding hydrogens is 352 g/mol. The van der Waals surface area contributed by atoms with Crippen LogP contribution in [-0.2, 0) is 14.8 Å². The van der Waals surface area contributed by atoms with Gasteiger partial charge in [-0.1, -0.05) is 31.4 Å². The first-order valence-electron chi connectivity index (χ1n) is 8.04. The molecule has 0 radical (unpaired) electrons. The van der Waals surface area contributed by atoms with Crippen LogP contribution < -0.4 is 14.4 Å². The molecule has 1 aromatic carbocycles. The molecule has 1 atom stereocenters. The van der Waals surface area contributed by atoms with E-state index in [-0.39, 0.29) is 18.9 Å². The van der Waals surface area contributed by atoms with Gasteiger partial charge in [-0.2, -0.15) is 0 Å². The van der Waals surface area contributed by atoms with Crippen molar-refractivity contribution in [2.24, 2.45) is 0 Å². The average molecular weight is 375 g/mol. The number of nitrogens with zero attached hydrogens (tertiary/aromatic N) is 1. The van der Waals surface area contributed by atoms with E-state index in [4.69, 9.17) is 16.3 Å². The standard InChI is InChI=1S/C16H23ClN2O4S/c1-3-4-5-9-18-16(20)15-8-10-19(24(2,21)22)13-11-12(17)6-7-14(13)23-15/h6-7,11,15H,3-5,8-10H2,1-2H3,(H,18,20)/t15-/m1/s1. The number of fused-ring (bicyclic) bond motifs is 1. The summed E-state index contributed by atoms with van der Waals surface area (Å²) < 4.78 is 31.1. The van der Waals surface area contributed by atoms with E-state index in [0.29, 0.717) is 23.0 Å². The van der Waals surface area contributed by atoms with Gasteiger partial charge in [-0.05, 0) is 24.6 Å². The molecule has 1 N–H and O–H groups in total. The number of benzene rings is 1. The number of carbonyl (C=O) groups excluding carboxylic acids is 1. The summed E-state index contributed by atoms with van der Waals surface area (Å²) in [5, 5.41) is 3.26. The van der Waals surface area contributed by atoms with E-state index in [0.717, 1.165) is 25.5 Å². The van der Waals surface area contributed by atoms with Crippen molar-refractivity contribution in [2.75, 3.05) is 23.7 Å². The van der Waals surface area contributed by atoms with Gasteiger partial charge in [0.15, 0.2) is 6.10 Å². The van der Waals surface area contributed by atoms with Crippen LogP contribution in [0.3, 0.4) is 0 Å². The van der Waals surface area contributed by atoms with Crippen molar-refractivity contribution in [1.82, 2.24) is 5.32 Å². The summed E-state index contributed by atoms with van der Waals surface area (Å²) in [7, 11) is -3.49. The molecule has 0 aromatic heterocycles. The van der Waals surface area contributed by atoms with Crippen LogP contribution in [-0.4, -0.2) is 39.8 Å². The SMILES string of the molecule is CCCCCNC(=O)[C@H]1CCN(S(C)(=O)=O)c2cc(Cl)ccc2O1. The summed E-state index contributed by atoms with van der Waals surface area (Å²) in [5.41, 5.74) is 0.367. The first-order valence-corrected chi connectivity index (χ1v) is 10.3. The second-order valence-electron chi connectivity index (χ2n) is 5.84. The van der Waals surface area contributed by atoms with Gasteiger partial charge in [0, 0.05) is 24.5 Å². The van der Waals surface area contributed by atoms with Gasteiger partial charge < -0.3 is 10.1 Å². The maximum Gasteiger partial charge on any atom is 0.261 e. The number of rotatable bonds is 6. The summed E-state index contributed by atoms with van der Waals surface area (Å²) in [6.07, 6.45) is 3.72. The molecule has 0 aliphatic carbocycles. The minimum Gasteiger partial charge on any atom is -0.478 e. The quantitative estimate of drug-likeness (QED) is 0.776. The van der Waals surface area contributed by atoms with Crippen LogP contribution in [0.5, 0.6) is 5.75 Å². The van der Waals surface area contributed by atoms with Gasteiger partial charge in [0.2, 0.25) is 10.0 Å². The van der Waals surface area contributed by atoms with Crippen molar-refractivity contribution in [3.63, 3.8) is 0 Å². The number of nitrogens with one attached hydrogen (secondary N) is 1. The van der Waals surface area contributed by atoms with Crippen molar-refractivity contribution in [1.29, 1.82) is 0 Å². The van der Waals surface area contributed by atoms with Crippen molar-refractivity contribution >= 4 is 33.2 Å². The van der Waals surface area contributed by atoms with Gasteiger partial charge in [-0.25, -0.2) is 8.42 Å². The Morgan fingerprint density at radius 2 is 2.17 bits per heavy atom. The predicted molar refractivity (Wildman–Crippen MR) is 95.2 cm³/mol. The van der Waals surface area contributed by atoms with Crippen LogP contribution in [0.15, 0.2) is 18.2 Å². The number of hydrogen-bond donors (Lipinski definition) is 1. The van der Waals surface area contributed by atoms with Crippen LogP contribution in [0.1, 0.15) is 32.6 Å². The highest BCUT2D eigenvalue weighted by molar-refractivity contribution is 7.92. The molecule has 0 saturated carbocycles. The first-order chi connectivity index (χ1) is 11.3. The molecule has 24 heavy (non-hydrogen) atoms. The zero-order valence-corrected chi connectivity index (χ0v) is 15.5. The Morgan fingerprint density at radius 3 is 2.83 bits per heavy atom. The van der Waals surface area contributed by atoms with Gasteiger partial charge in [0.05, 0.1) is 11.9 Å². The Kier molecular flexibility index (Phi) is 6.34. The number of ether oxygens (including phenoxy) is 1. The summed E-state index contributed by atoms with van der Waals surface area (Å²) in [5.74, 6) is 0.124. The zero-order chi connectivity index (χ0) is 17.7. The lowest BCUT2D eigenvalue weighted by Gasteiger charge is -2.21. The lowest BCUT2D eigenvalue weighted by Crippen LogP contribution is -2.40. The Hall–Kier alpha value is -1.47. The largest absolute Gasteiger partial charge is 0.478 e. The summed E-state index contributed by atoms with van der Waals surface area (Å²) >= 11 is 5.99. The second kappa shape index (κ2) is 8.07. The van der Waals surface area contributed by atoms with E-state index in [1.807, 2.05) is 0 Å². The fourth-order valence-electron chi connectivity index (χ4n) is 2.58. The molecule has 0 unspecified atom stereocenters. The van der Waals surface area contributed by atoms with Crippen molar-refractivity contribution in [2.45, 2.75) is 38.7 Å². The topological polar surface area (TPSA) is 75.7 Å². The van der Waals surface area contributed by atoms with E-state index in [1.165, 1.54) is 4.31 Å². The third kappa shape index (κ3) is 4.77. The Bertz CT molecular complexity index is 693. The highest BCUT2D eigenvalue weighted by Gasteiger charge is 2.31. The lowest BCUT2D eigenvalue weighted by atomic mass is 10.2. The van der Waals surface area contributed by atoms with E-state index in [1.54, 1.807) is 18.2 Å². The predicted octanol–water partition coefficient (Wildman–Crippen LogP) is 2.56. The molecule has 1 aliphatic heterocycles. The smallest absolute Gasteiger partial charge is 0.261 e. The third-order valence-electron chi connectivity index (χ3n) is 3.83. The van der Waals surface area contributed by atoms with Gasteiger partial charge in [0.1, 0.15) is 5.75 Å². The second-order valence-corrected chi connectivity index (χ2v) is 8.18. The van der Waals surface area contributed by atoms with Crippen LogP contribution in [0.4, 0.5) is 5.69 Å². The molecule has 0 fully saturated rings. The molecule has 2 rings (SSSR count). The maximum absolute atomic E-state index is 12.3. The molecule has 1 amide bonds. The average Bonchev–Trinajstić information content (AvgIpc) is 2.70. The molecule has 0 spiro atoms. The lowest BCUT2D eigenvalue weighted by molar-refractivity contribution is -0.128. The molecule has 1 aromatic rings. The van der Waals surface area contributed by atoms with Gasteiger partial charge >= 0.3 is 0 Å². The molecule has 6 nitrogen and oxygen atoms in total. The van der Waals surface area contributed by atoms with E-state index in [9.17, 15) is 13.2 Å². The van der Waals surface area contributed by atoms with Gasteiger partial charge in [-0.15, -0.1) is 0 Å². The van der Waals surface area contributed by atoms with Crippen LogP contribution in [0.25, 0.3) is 0 Å². The van der Waals surface area contributed by atoms with Crippen LogP contribution in [0.2, 0.25) is 5.02 Å². The number of amides is 1. The van der Waals surface area contributed by atoms with E-state index >= 15 is 0 Å². The van der Waals surface area contributed by atoms with Crippen LogP contribution in [0, 0.1) is 0 Å². The Morgan fingerprint density at radius 1 is 1.42 bits per heavy atom. The van der Waals surface area contributed by atoms with Gasteiger partial charge in [-0.3, -0.25) is 9.10 Å². The first kappa shape index (κ1) is 18.9. The highest BCUT2D eigenvalue weighted by atomic mass is 35.5. The fraction of sp³-hybridized carbons (Fsp3) is 0.562. The minimum atomic E-state index is -3.49. The third-order valence-corrected chi connectivity index (χ3v) is 5.24. The van der Waals surface area contributed by atoms with Gasteiger partial charge in [0.25, 0.3) is 5.91 Å². The molecule has 8 heteroatoms. The number of unbranched alkanes of at least 4 members (excludes halogenated alkanes) is 2. The zero-order valence-electron chi connectivity index (χ0n) is 13.9. The van der Waals surface area contributed by atoms with Crippen molar-refractivity contribution in [3.05, 3.63) is 23.2 Å². The minimum absolute atomic E-state index is 0.166. The van der Waals surface area contributed by atoms with Crippen molar-refractivity contribution < 1.29 is 17.9 Å². The number of anilines is 1.